The van der Waals surface area contributed by atoms with Crippen molar-refractivity contribution in [3.8, 4) is 5.75 Å². The van der Waals surface area contributed by atoms with Gasteiger partial charge in [-0.3, -0.25) is 4.79 Å². The van der Waals surface area contributed by atoms with E-state index in [2.05, 4.69) is 9.97 Å². The first kappa shape index (κ1) is 19.0. The second-order valence-electron chi connectivity index (χ2n) is 6.74. The maximum absolute atomic E-state index is 13.4. The van der Waals surface area contributed by atoms with E-state index in [0.717, 1.165) is 22.2 Å². The summed E-state index contributed by atoms with van der Waals surface area (Å²) >= 11 is 5.99. The number of ketones is 1. The number of ether oxygens (including phenoxy) is 1. The summed E-state index contributed by atoms with van der Waals surface area (Å²) in [5.41, 5.74) is 4.53. The van der Waals surface area contributed by atoms with E-state index in [1.165, 1.54) is 0 Å². The van der Waals surface area contributed by atoms with Gasteiger partial charge in [0.2, 0.25) is 0 Å². The maximum atomic E-state index is 13.4. The summed E-state index contributed by atoms with van der Waals surface area (Å²) in [4.78, 5) is 21.3. The van der Waals surface area contributed by atoms with Crippen LogP contribution in [0.5, 0.6) is 5.75 Å². The molecular formula is C24H19ClN2O2. The highest BCUT2D eigenvalue weighted by atomic mass is 35.5. The Hall–Kier alpha value is -3.37. The zero-order chi connectivity index (χ0) is 20.4. The Morgan fingerprint density at radius 3 is 2.55 bits per heavy atom. The number of para-hydroxylation sites is 2. The smallest absolute Gasteiger partial charge is 0.196 e. The van der Waals surface area contributed by atoms with Crippen molar-refractivity contribution in [1.29, 1.82) is 0 Å². The summed E-state index contributed by atoms with van der Waals surface area (Å²) < 4.78 is 5.49. The van der Waals surface area contributed by atoms with E-state index in [1.54, 1.807) is 31.4 Å². The molecule has 0 aliphatic heterocycles. The number of hydrogen-bond donors (Lipinski definition) is 1. The Morgan fingerprint density at radius 2 is 1.83 bits per heavy atom. The van der Waals surface area contributed by atoms with Crippen LogP contribution in [-0.2, 0) is 0 Å². The number of rotatable bonds is 5. The molecule has 0 amide bonds. The van der Waals surface area contributed by atoms with E-state index in [9.17, 15) is 4.79 Å². The fraction of sp³-hybridized carbons (Fsp3) is 0.0833. The number of benzene rings is 3. The van der Waals surface area contributed by atoms with Gasteiger partial charge in [-0.1, -0.05) is 35.4 Å². The number of aromatic nitrogens is 2. The number of hydrogen-bond acceptors (Lipinski definition) is 3. The van der Waals surface area contributed by atoms with Crippen molar-refractivity contribution in [3.63, 3.8) is 0 Å². The summed E-state index contributed by atoms with van der Waals surface area (Å²) in [5.74, 6) is 1.05. The van der Waals surface area contributed by atoms with Crippen LogP contribution in [0.15, 0.2) is 66.7 Å². The van der Waals surface area contributed by atoms with Crippen molar-refractivity contribution in [3.05, 3.63) is 94.3 Å². The number of nitrogens with zero attached hydrogens (tertiary/aromatic N) is 1. The first-order valence-electron chi connectivity index (χ1n) is 9.17. The Balaban J connectivity index is 1.90. The van der Waals surface area contributed by atoms with Crippen LogP contribution in [0, 0.1) is 6.92 Å². The lowest BCUT2D eigenvalue weighted by Gasteiger charge is -2.09. The Labute approximate surface area is 173 Å². The molecule has 1 heterocycles. The highest BCUT2D eigenvalue weighted by Crippen LogP contribution is 2.28. The van der Waals surface area contributed by atoms with Crippen LogP contribution >= 0.6 is 11.6 Å². The molecule has 0 unspecified atom stereocenters. The molecule has 0 aliphatic rings. The van der Waals surface area contributed by atoms with Crippen molar-refractivity contribution in [2.45, 2.75) is 6.92 Å². The number of methoxy groups -OCH3 is 1. The molecule has 0 atom stereocenters. The van der Waals surface area contributed by atoms with Crippen LogP contribution in [0.1, 0.15) is 27.3 Å². The molecular weight excluding hydrogens is 384 g/mol. The Morgan fingerprint density at radius 1 is 1.07 bits per heavy atom. The fourth-order valence-corrected chi connectivity index (χ4v) is 3.33. The first-order chi connectivity index (χ1) is 14.0. The first-order valence-corrected chi connectivity index (χ1v) is 9.54. The zero-order valence-corrected chi connectivity index (χ0v) is 16.8. The van der Waals surface area contributed by atoms with E-state index >= 15 is 0 Å². The minimum atomic E-state index is -0.149. The Kier molecular flexibility index (Phi) is 5.19. The molecule has 0 spiro atoms. The topological polar surface area (TPSA) is 55.0 Å². The van der Waals surface area contributed by atoms with E-state index in [4.69, 9.17) is 16.3 Å². The predicted molar refractivity (Wildman–Crippen MR) is 117 cm³/mol. The number of allylic oxidation sites excluding steroid dienone is 1. The number of halogens is 1. The highest BCUT2D eigenvalue weighted by Gasteiger charge is 2.19. The number of carbonyl (C=O) groups excluding carboxylic acids is 1. The monoisotopic (exact) mass is 402 g/mol. The maximum Gasteiger partial charge on any atom is 0.196 e. The number of aryl methyl sites for hydroxylation is 1. The van der Waals surface area contributed by atoms with Gasteiger partial charge in [-0.15, -0.1) is 0 Å². The van der Waals surface area contributed by atoms with Gasteiger partial charge < -0.3 is 9.72 Å². The molecule has 4 aromatic rings. The molecule has 1 N–H and O–H groups in total. The van der Waals surface area contributed by atoms with Gasteiger partial charge in [0.15, 0.2) is 5.78 Å². The van der Waals surface area contributed by atoms with E-state index < -0.39 is 0 Å². The number of carbonyl (C=O) groups is 1. The molecule has 29 heavy (non-hydrogen) atoms. The molecule has 5 heteroatoms. The number of imidazole rings is 1. The van der Waals surface area contributed by atoms with Gasteiger partial charge in [0.25, 0.3) is 0 Å². The third kappa shape index (κ3) is 3.93. The lowest BCUT2D eigenvalue weighted by Crippen LogP contribution is -2.04. The van der Waals surface area contributed by atoms with Gasteiger partial charge >= 0.3 is 0 Å². The standard InChI is InChI=1S/C24H19ClN2O2/c1-15-7-12-22(29-2)17(13-15)14-19(23(28)16-8-10-18(25)11-9-16)24-26-20-5-3-4-6-21(20)27-24/h3-14H,1-2H3,(H,26,27)/b19-14-. The van der Waals surface area contributed by atoms with Crippen LogP contribution in [0.25, 0.3) is 22.7 Å². The fourth-order valence-electron chi connectivity index (χ4n) is 3.20. The summed E-state index contributed by atoms with van der Waals surface area (Å²) in [6, 6.07) is 20.4. The molecule has 0 aliphatic carbocycles. The van der Waals surface area contributed by atoms with Gasteiger partial charge in [0, 0.05) is 16.1 Å². The molecule has 0 saturated heterocycles. The largest absolute Gasteiger partial charge is 0.496 e. The van der Waals surface area contributed by atoms with Crippen LogP contribution in [0.2, 0.25) is 5.02 Å². The lowest BCUT2D eigenvalue weighted by molar-refractivity contribution is 0.105. The minimum Gasteiger partial charge on any atom is -0.496 e. The Bertz CT molecular complexity index is 1190. The van der Waals surface area contributed by atoms with Gasteiger partial charge in [-0.05, 0) is 61.5 Å². The van der Waals surface area contributed by atoms with Crippen LogP contribution in [-0.4, -0.2) is 22.9 Å². The summed E-state index contributed by atoms with van der Waals surface area (Å²) in [7, 11) is 1.61. The van der Waals surface area contributed by atoms with Gasteiger partial charge in [-0.25, -0.2) is 4.98 Å². The van der Waals surface area contributed by atoms with E-state index in [0.29, 0.717) is 27.7 Å². The number of aromatic amines is 1. The highest BCUT2D eigenvalue weighted by molar-refractivity contribution is 6.33. The van der Waals surface area contributed by atoms with Crippen LogP contribution in [0.3, 0.4) is 0 Å². The van der Waals surface area contributed by atoms with Crippen molar-refractivity contribution < 1.29 is 9.53 Å². The van der Waals surface area contributed by atoms with Crippen molar-refractivity contribution >= 4 is 40.1 Å². The molecule has 0 saturated carbocycles. The molecule has 4 nitrogen and oxygen atoms in total. The second-order valence-corrected chi connectivity index (χ2v) is 7.18. The summed E-state index contributed by atoms with van der Waals surface area (Å²) in [5, 5.41) is 0.580. The van der Waals surface area contributed by atoms with E-state index in [1.807, 2.05) is 55.5 Å². The zero-order valence-electron chi connectivity index (χ0n) is 16.1. The van der Waals surface area contributed by atoms with Crippen molar-refractivity contribution in [1.82, 2.24) is 9.97 Å². The SMILES string of the molecule is COc1ccc(C)cc1/C=C(/C(=O)c1ccc(Cl)cc1)c1nc2ccccc2[nH]1. The normalized spacial score (nSPS) is 11.6. The number of fused-ring (bicyclic) bond motifs is 1. The average molecular weight is 403 g/mol. The van der Waals surface area contributed by atoms with Crippen molar-refractivity contribution in [2.75, 3.05) is 7.11 Å². The van der Waals surface area contributed by atoms with Crippen LogP contribution in [0.4, 0.5) is 0 Å². The minimum absolute atomic E-state index is 0.149. The quantitative estimate of drug-likeness (QED) is 0.331. The van der Waals surface area contributed by atoms with Gasteiger partial charge in [0.1, 0.15) is 11.6 Å². The molecule has 3 aromatic carbocycles. The van der Waals surface area contributed by atoms with Crippen LogP contribution < -0.4 is 4.74 Å². The summed E-state index contributed by atoms with van der Waals surface area (Å²) in [6.07, 6.45) is 1.82. The third-order valence-corrected chi connectivity index (χ3v) is 4.93. The molecule has 4 rings (SSSR count). The number of H-pyrrole nitrogens is 1. The molecule has 0 radical (unpaired) electrons. The summed E-state index contributed by atoms with van der Waals surface area (Å²) in [6.45, 7) is 2.00. The predicted octanol–water partition coefficient (Wildman–Crippen LogP) is 5.96. The van der Waals surface area contributed by atoms with Crippen molar-refractivity contribution in [2.24, 2.45) is 0 Å². The average Bonchev–Trinajstić information content (AvgIpc) is 3.16. The number of nitrogens with one attached hydrogen (secondary N) is 1. The number of Topliss-reactive ketones (excluding diaryl/α,β-unsaturated/α-hetero) is 1. The molecule has 0 fully saturated rings. The molecule has 0 bridgehead atoms. The second kappa shape index (κ2) is 7.94. The van der Waals surface area contributed by atoms with Gasteiger partial charge in [0.05, 0.1) is 23.7 Å². The molecule has 1 aromatic heterocycles. The lowest BCUT2D eigenvalue weighted by atomic mass is 9.99. The van der Waals surface area contributed by atoms with E-state index in [-0.39, 0.29) is 5.78 Å². The molecule has 144 valence electrons. The third-order valence-electron chi connectivity index (χ3n) is 4.68. The van der Waals surface area contributed by atoms with Gasteiger partial charge in [-0.2, -0.15) is 0 Å².